The Kier molecular flexibility index (Phi) is 5.94. The second-order valence-corrected chi connectivity index (χ2v) is 8.90. The van der Waals surface area contributed by atoms with Crippen LogP contribution in [-0.4, -0.2) is 45.0 Å². The zero-order chi connectivity index (χ0) is 21.0. The van der Waals surface area contributed by atoms with Crippen molar-refractivity contribution >= 4 is 28.8 Å². The third-order valence-electron chi connectivity index (χ3n) is 6.71. The van der Waals surface area contributed by atoms with Crippen LogP contribution in [0.3, 0.4) is 0 Å². The van der Waals surface area contributed by atoms with E-state index >= 15 is 0 Å². The van der Waals surface area contributed by atoms with E-state index in [1.54, 1.807) is 0 Å². The van der Waals surface area contributed by atoms with E-state index in [0.717, 1.165) is 37.4 Å². The van der Waals surface area contributed by atoms with Crippen molar-refractivity contribution in [3.8, 4) is 0 Å². The highest BCUT2D eigenvalue weighted by atomic mass is 15.2. The first-order valence-electron chi connectivity index (χ1n) is 11.7. The Hall–Kier alpha value is -2.79. The Balaban J connectivity index is 1.32. The van der Waals surface area contributed by atoms with Gasteiger partial charge in [-0.15, -0.1) is 0 Å². The fourth-order valence-corrected chi connectivity index (χ4v) is 4.88. The highest BCUT2D eigenvalue weighted by Crippen LogP contribution is 2.30. The molecule has 3 heterocycles. The summed E-state index contributed by atoms with van der Waals surface area (Å²) in [6, 6.07) is 16.2. The van der Waals surface area contributed by atoms with Gasteiger partial charge >= 0.3 is 0 Å². The molecule has 3 aliphatic rings. The van der Waals surface area contributed by atoms with Crippen LogP contribution in [-0.2, 0) is 6.54 Å². The maximum absolute atomic E-state index is 4.58. The van der Waals surface area contributed by atoms with Gasteiger partial charge in [0, 0.05) is 73.8 Å². The number of rotatable bonds is 4. The van der Waals surface area contributed by atoms with Crippen molar-refractivity contribution in [1.29, 1.82) is 0 Å². The van der Waals surface area contributed by atoms with Crippen LogP contribution in [0.1, 0.15) is 37.3 Å². The molecular formula is C26H33N5. The minimum Gasteiger partial charge on any atom is -0.372 e. The maximum Gasteiger partial charge on any atom is 0.0646 e. The average molecular weight is 416 g/mol. The van der Waals surface area contributed by atoms with Crippen molar-refractivity contribution in [1.82, 2.24) is 5.32 Å². The van der Waals surface area contributed by atoms with Crippen molar-refractivity contribution in [2.45, 2.75) is 38.8 Å². The first-order valence-corrected chi connectivity index (χ1v) is 11.7. The van der Waals surface area contributed by atoms with Crippen molar-refractivity contribution in [2.24, 2.45) is 4.99 Å². The highest BCUT2D eigenvalue weighted by Gasteiger charge is 2.18. The lowest BCUT2D eigenvalue weighted by Crippen LogP contribution is -2.49. The summed E-state index contributed by atoms with van der Waals surface area (Å²) in [4.78, 5) is 9.58. The number of nitrogens with zero attached hydrogens (tertiary/aromatic N) is 3. The molecule has 5 nitrogen and oxygen atoms in total. The number of anilines is 3. The molecule has 5 heteroatoms. The van der Waals surface area contributed by atoms with Crippen molar-refractivity contribution < 1.29 is 0 Å². The van der Waals surface area contributed by atoms with Crippen LogP contribution in [0.25, 0.3) is 5.57 Å². The summed E-state index contributed by atoms with van der Waals surface area (Å²) in [6.07, 6.45) is 8.06. The van der Waals surface area contributed by atoms with E-state index in [1.165, 1.54) is 54.9 Å². The molecule has 2 N–H and O–H groups in total. The second-order valence-electron chi connectivity index (χ2n) is 8.90. The average Bonchev–Trinajstić information content (AvgIpc) is 2.84. The second kappa shape index (κ2) is 9.15. The molecule has 0 amide bonds. The summed E-state index contributed by atoms with van der Waals surface area (Å²) in [5.41, 5.74) is 7.50. The van der Waals surface area contributed by atoms with Crippen LogP contribution >= 0.6 is 0 Å². The molecule has 0 spiro atoms. The van der Waals surface area contributed by atoms with Crippen LogP contribution in [0.5, 0.6) is 0 Å². The van der Waals surface area contributed by atoms with E-state index in [4.69, 9.17) is 0 Å². The SMILES string of the molecule is CC1CNCCN1c1ccc(N/C=C2\C=NCc3ccc(N4CCCCC4)cc32)cc1. The molecule has 1 unspecified atom stereocenters. The minimum atomic E-state index is 0.527. The summed E-state index contributed by atoms with van der Waals surface area (Å²) >= 11 is 0. The Morgan fingerprint density at radius 3 is 2.61 bits per heavy atom. The van der Waals surface area contributed by atoms with Crippen molar-refractivity contribution in [3.63, 3.8) is 0 Å². The monoisotopic (exact) mass is 415 g/mol. The summed E-state index contributed by atoms with van der Waals surface area (Å²) in [7, 11) is 0. The van der Waals surface area contributed by atoms with Crippen LogP contribution in [0.15, 0.2) is 53.7 Å². The molecule has 2 aromatic rings. The smallest absolute Gasteiger partial charge is 0.0646 e. The maximum atomic E-state index is 4.58. The number of aliphatic imine (C=N–C) groups is 1. The molecule has 0 saturated carbocycles. The van der Waals surface area contributed by atoms with E-state index in [-0.39, 0.29) is 0 Å². The number of benzene rings is 2. The van der Waals surface area contributed by atoms with Crippen LogP contribution in [0.4, 0.5) is 17.1 Å². The van der Waals surface area contributed by atoms with Crippen LogP contribution in [0.2, 0.25) is 0 Å². The number of piperidine rings is 1. The quantitative estimate of drug-likeness (QED) is 0.771. The molecule has 0 radical (unpaired) electrons. The summed E-state index contributed by atoms with van der Waals surface area (Å²) in [6.45, 7) is 8.54. The van der Waals surface area contributed by atoms with Gasteiger partial charge in [0.25, 0.3) is 0 Å². The fraction of sp³-hybridized carbons (Fsp3) is 0.423. The zero-order valence-electron chi connectivity index (χ0n) is 18.5. The van der Waals surface area contributed by atoms with Crippen molar-refractivity contribution in [2.75, 3.05) is 47.8 Å². The van der Waals surface area contributed by atoms with E-state index in [0.29, 0.717) is 6.04 Å². The normalized spacial score (nSPS) is 22.5. The number of allylic oxidation sites excluding steroid dienone is 1. The first-order chi connectivity index (χ1) is 15.3. The molecule has 2 aromatic carbocycles. The molecule has 3 aliphatic heterocycles. The third kappa shape index (κ3) is 4.47. The summed E-state index contributed by atoms with van der Waals surface area (Å²) in [5.74, 6) is 0. The van der Waals surface area contributed by atoms with Gasteiger partial charge in [-0.1, -0.05) is 6.07 Å². The zero-order valence-corrected chi connectivity index (χ0v) is 18.5. The highest BCUT2D eigenvalue weighted by molar-refractivity contribution is 6.12. The summed E-state index contributed by atoms with van der Waals surface area (Å²) in [5, 5.41) is 6.96. The van der Waals surface area contributed by atoms with Gasteiger partial charge in [0.15, 0.2) is 0 Å². The molecule has 1 atom stereocenters. The number of nitrogens with one attached hydrogen (secondary N) is 2. The van der Waals surface area contributed by atoms with E-state index in [9.17, 15) is 0 Å². The predicted octanol–water partition coefficient (Wildman–Crippen LogP) is 4.51. The molecule has 31 heavy (non-hydrogen) atoms. The van der Waals surface area contributed by atoms with Gasteiger partial charge in [-0.3, -0.25) is 4.99 Å². The van der Waals surface area contributed by atoms with Gasteiger partial charge in [-0.25, -0.2) is 0 Å². The van der Waals surface area contributed by atoms with E-state index in [2.05, 4.69) is 81.0 Å². The van der Waals surface area contributed by atoms with Gasteiger partial charge in [0.2, 0.25) is 0 Å². The van der Waals surface area contributed by atoms with Gasteiger partial charge in [-0.05, 0) is 73.7 Å². The lowest BCUT2D eigenvalue weighted by molar-refractivity contribution is 0.501. The molecular weight excluding hydrogens is 382 g/mol. The molecule has 2 fully saturated rings. The number of hydrogen-bond acceptors (Lipinski definition) is 5. The van der Waals surface area contributed by atoms with E-state index in [1.807, 2.05) is 6.21 Å². The number of piperazine rings is 1. The minimum absolute atomic E-state index is 0.527. The Bertz CT molecular complexity index is 956. The Morgan fingerprint density at radius 1 is 1.00 bits per heavy atom. The Labute approximate surface area is 185 Å². The molecule has 0 bridgehead atoms. The standard InChI is InChI=1S/C26H33N5/c1-20-16-27-11-14-31(20)24-9-6-23(7-10-24)29-19-22-18-28-17-21-5-8-25(15-26(21)22)30-12-3-2-4-13-30/h5-10,15,18-20,27,29H,2-4,11-14,16-17H2,1H3/b22-19+. The summed E-state index contributed by atoms with van der Waals surface area (Å²) < 4.78 is 0. The topological polar surface area (TPSA) is 42.9 Å². The first kappa shape index (κ1) is 20.1. The molecule has 2 saturated heterocycles. The Morgan fingerprint density at radius 2 is 1.81 bits per heavy atom. The van der Waals surface area contributed by atoms with Gasteiger partial charge < -0.3 is 20.4 Å². The molecule has 5 rings (SSSR count). The third-order valence-corrected chi connectivity index (χ3v) is 6.71. The molecule has 162 valence electrons. The van der Waals surface area contributed by atoms with Crippen molar-refractivity contribution in [3.05, 3.63) is 59.8 Å². The lowest BCUT2D eigenvalue weighted by Gasteiger charge is -2.36. The van der Waals surface area contributed by atoms with Crippen LogP contribution in [0, 0.1) is 0 Å². The molecule has 0 aromatic heterocycles. The van der Waals surface area contributed by atoms with Gasteiger partial charge in [0.05, 0.1) is 6.54 Å². The van der Waals surface area contributed by atoms with Crippen LogP contribution < -0.4 is 20.4 Å². The molecule has 0 aliphatic carbocycles. The van der Waals surface area contributed by atoms with Gasteiger partial charge in [-0.2, -0.15) is 0 Å². The largest absolute Gasteiger partial charge is 0.372 e. The van der Waals surface area contributed by atoms with E-state index < -0.39 is 0 Å². The lowest BCUT2D eigenvalue weighted by atomic mass is 9.97. The number of hydrogen-bond donors (Lipinski definition) is 2. The van der Waals surface area contributed by atoms with Gasteiger partial charge in [0.1, 0.15) is 0 Å². The predicted molar refractivity (Wildman–Crippen MR) is 132 cm³/mol. The fourth-order valence-electron chi connectivity index (χ4n) is 4.88. The number of fused-ring (bicyclic) bond motifs is 1.